The largest absolute Gasteiger partial charge is 0.392 e. The van der Waals surface area contributed by atoms with E-state index in [4.69, 9.17) is 32.7 Å². The first-order valence-electron chi connectivity index (χ1n) is 6.46. The first-order valence-corrected chi connectivity index (χ1v) is 7.22. The maximum absolute atomic E-state index is 10.7. The van der Waals surface area contributed by atoms with E-state index in [9.17, 15) is 5.11 Å². The molecule has 3 nitrogen and oxygen atoms in total. The smallest absolute Gasteiger partial charge is 0.186 e. The molecule has 0 amide bonds. The standard InChI is InChI=1S/C15H16Cl2O3/c1-19-15(20-2)10-9(8-6-4-3-5-7-8)14(18)11(15)13(17)12(10)16/h3-7,9-11,14,18H,1-2H3/t9-,10-,11-,14-/m0/s1. The molecule has 0 radical (unpaired) electrons. The number of aliphatic hydroxyl groups excluding tert-OH is 1. The summed E-state index contributed by atoms with van der Waals surface area (Å²) in [6.07, 6.45) is -0.683. The van der Waals surface area contributed by atoms with Gasteiger partial charge in [0.2, 0.25) is 0 Å². The first kappa shape index (κ1) is 14.4. The fraction of sp³-hybridized carbons (Fsp3) is 0.467. The minimum atomic E-state index is -0.992. The lowest BCUT2D eigenvalue weighted by molar-refractivity contribution is -0.235. The van der Waals surface area contributed by atoms with Crippen molar-refractivity contribution < 1.29 is 14.6 Å². The molecule has 0 unspecified atom stereocenters. The minimum absolute atomic E-state index is 0.184. The number of methoxy groups -OCH3 is 2. The van der Waals surface area contributed by atoms with Gasteiger partial charge in [-0.1, -0.05) is 53.5 Å². The molecule has 0 aliphatic heterocycles. The predicted octanol–water partition coefficient (Wildman–Crippen LogP) is 3.07. The van der Waals surface area contributed by atoms with Crippen LogP contribution in [0.15, 0.2) is 40.4 Å². The van der Waals surface area contributed by atoms with Gasteiger partial charge < -0.3 is 14.6 Å². The van der Waals surface area contributed by atoms with Gasteiger partial charge in [0.25, 0.3) is 0 Å². The van der Waals surface area contributed by atoms with Gasteiger partial charge in [0.1, 0.15) is 0 Å². The Balaban J connectivity index is 2.13. The summed E-state index contributed by atoms with van der Waals surface area (Å²) in [5, 5.41) is 11.7. The van der Waals surface area contributed by atoms with Gasteiger partial charge in [-0.3, -0.25) is 0 Å². The molecule has 0 saturated heterocycles. The summed E-state index contributed by atoms with van der Waals surface area (Å²) in [6.45, 7) is 0. The van der Waals surface area contributed by atoms with E-state index in [-0.39, 0.29) is 11.8 Å². The molecule has 1 N–H and O–H groups in total. The lowest BCUT2D eigenvalue weighted by atomic mass is 9.84. The monoisotopic (exact) mass is 314 g/mol. The highest BCUT2D eigenvalue weighted by Gasteiger charge is 2.68. The molecule has 0 aromatic heterocycles. The molecule has 3 rings (SSSR count). The summed E-state index contributed by atoms with van der Waals surface area (Å²) >= 11 is 12.7. The highest BCUT2D eigenvalue weighted by molar-refractivity contribution is 6.40. The van der Waals surface area contributed by atoms with Gasteiger partial charge in [-0.25, -0.2) is 0 Å². The second-order valence-corrected chi connectivity index (χ2v) is 6.02. The van der Waals surface area contributed by atoms with E-state index < -0.39 is 17.8 Å². The van der Waals surface area contributed by atoms with Gasteiger partial charge in [-0.15, -0.1) is 0 Å². The summed E-state index contributed by atoms with van der Waals surface area (Å²) in [7, 11) is 3.12. The molecular formula is C15H16Cl2O3. The van der Waals surface area contributed by atoms with Crippen molar-refractivity contribution in [2.45, 2.75) is 17.8 Å². The molecule has 108 valence electrons. The maximum atomic E-state index is 10.7. The van der Waals surface area contributed by atoms with Crippen LogP contribution in [-0.4, -0.2) is 31.2 Å². The highest BCUT2D eigenvalue weighted by atomic mass is 35.5. The zero-order chi connectivity index (χ0) is 14.5. The number of benzene rings is 1. The van der Waals surface area contributed by atoms with Crippen molar-refractivity contribution in [2.24, 2.45) is 11.8 Å². The number of halogens is 2. The van der Waals surface area contributed by atoms with E-state index in [2.05, 4.69) is 0 Å². The van der Waals surface area contributed by atoms with Crippen LogP contribution in [0.3, 0.4) is 0 Å². The molecule has 4 atom stereocenters. The first-order chi connectivity index (χ1) is 9.58. The molecule has 0 heterocycles. The van der Waals surface area contributed by atoms with Crippen LogP contribution in [0.25, 0.3) is 0 Å². The Hall–Kier alpha value is -0.580. The summed E-state index contributed by atoms with van der Waals surface area (Å²) in [6, 6.07) is 9.77. The zero-order valence-corrected chi connectivity index (χ0v) is 12.7. The molecule has 0 spiro atoms. The van der Waals surface area contributed by atoms with Crippen LogP contribution in [0.1, 0.15) is 11.5 Å². The average Bonchev–Trinajstić information content (AvgIpc) is 2.86. The van der Waals surface area contributed by atoms with Crippen molar-refractivity contribution in [3.8, 4) is 0 Å². The molecule has 20 heavy (non-hydrogen) atoms. The van der Waals surface area contributed by atoms with Crippen molar-refractivity contribution in [1.29, 1.82) is 0 Å². The number of ether oxygens (including phenoxy) is 2. The third kappa shape index (κ3) is 1.65. The van der Waals surface area contributed by atoms with E-state index in [0.29, 0.717) is 10.1 Å². The van der Waals surface area contributed by atoms with Crippen LogP contribution < -0.4 is 0 Å². The predicted molar refractivity (Wildman–Crippen MR) is 77.7 cm³/mol. The molecule has 1 aromatic rings. The second kappa shape index (κ2) is 5.00. The number of aliphatic hydroxyl groups is 1. The zero-order valence-electron chi connectivity index (χ0n) is 11.2. The molecule has 2 aliphatic carbocycles. The van der Waals surface area contributed by atoms with Crippen LogP contribution in [0.4, 0.5) is 0 Å². The number of fused-ring (bicyclic) bond motifs is 2. The van der Waals surface area contributed by atoms with E-state index >= 15 is 0 Å². The van der Waals surface area contributed by atoms with Crippen molar-refractivity contribution >= 4 is 23.2 Å². The average molecular weight is 315 g/mol. The fourth-order valence-electron chi connectivity index (χ4n) is 3.70. The number of rotatable bonds is 3. The second-order valence-electron chi connectivity index (χ2n) is 5.21. The Kier molecular flexibility index (Phi) is 3.59. The number of hydrogen-bond donors (Lipinski definition) is 1. The van der Waals surface area contributed by atoms with Gasteiger partial charge >= 0.3 is 0 Å². The van der Waals surface area contributed by atoms with Crippen LogP contribution in [0.2, 0.25) is 0 Å². The quantitative estimate of drug-likeness (QED) is 0.871. The molecule has 1 aromatic carbocycles. The Bertz CT molecular complexity index is 539. The molecule has 1 fully saturated rings. The topological polar surface area (TPSA) is 38.7 Å². The third-order valence-corrected chi connectivity index (χ3v) is 5.51. The van der Waals surface area contributed by atoms with Crippen molar-refractivity contribution in [1.82, 2.24) is 0 Å². The maximum Gasteiger partial charge on any atom is 0.186 e. The molecule has 5 heteroatoms. The Morgan fingerprint density at radius 2 is 1.55 bits per heavy atom. The fourth-order valence-corrected chi connectivity index (χ4v) is 4.50. The van der Waals surface area contributed by atoms with Crippen LogP contribution in [-0.2, 0) is 9.47 Å². The van der Waals surface area contributed by atoms with E-state index in [1.165, 1.54) is 0 Å². The molecule has 2 aliphatic rings. The molecular weight excluding hydrogens is 299 g/mol. The van der Waals surface area contributed by atoms with Crippen molar-refractivity contribution in [2.75, 3.05) is 14.2 Å². The third-order valence-electron chi connectivity index (χ3n) is 4.53. The van der Waals surface area contributed by atoms with Crippen LogP contribution in [0, 0.1) is 11.8 Å². The van der Waals surface area contributed by atoms with Gasteiger partial charge in [-0.2, -0.15) is 0 Å². The Morgan fingerprint density at radius 3 is 2.05 bits per heavy atom. The highest BCUT2D eigenvalue weighted by Crippen LogP contribution is 2.64. The summed E-state index contributed by atoms with van der Waals surface area (Å²) in [5.41, 5.74) is 1.01. The summed E-state index contributed by atoms with van der Waals surface area (Å²) in [5.74, 6) is -1.93. The lowest BCUT2D eigenvalue weighted by Gasteiger charge is -2.32. The van der Waals surface area contributed by atoms with Crippen molar-refractivity contribution in [3.05, 3.63) is 46.0 Å². The van der Waals surface area contributed by atoms with E-state index in [1.54, 1.807) is 14.2 Å². The normalized spacial score (nSPS) is 34.9. The Labute approximate surface area is 128 Å². The van der Waals surface area contributed by atoms with E-state index in [0.717, 1.165) is 5.56 Å². The van der Waals surface area contributed by atoms with Crippen LogP contribution in [0.5, 0.6) is 0 Å². The SMILES string of the molecule is COC1(OC)[C@@H]2C(Cl)=C(Cl)[C@H]1[C@@H](O)[C@H]2c1ccccc1. The van der Waals surface area contributed by atoms with Crippen LogP contribution >= 0.6 is 23.2 Å². The molecule has 2 bridgehead atoms. The number of hydrogen-bond acceptors (Lipinski definition) is 3. The van der Waals surface area contributed by atoms with Gasteiger partial charge in [0, 0.05) is 30.2 Å². The minimum Gasteiger partial charge on any atom is -0.392 e. The summed E-state index contributed by atoms with van der Waals surface area (Å²) in [4.78, 5) is 0. The van der Waals surface area contributed by atoms with E-state index in [1.807, 2.05) is 30.3 Å². The van der Waals surface area contributed by atoms with Gasteiger partial charge in [0.05, 0.1) is 17.9 Å². The van der Waals surface area contributed by atoms with Gasteiger partial charge in [-0.05, 0) is 5.56 Å². The summed E-state index contributed by atoms with van der Waals surface area (Å²) < 4.78 is 11.2. The lowest BCUT2D eigenvalue weighted by Crippen LogP contribution is -2.42. The molecule has 1 saturated carbocycles. The van der Waals surface area contributed by atoms with Gasteiger partial charge in [0.15, 0.2) is 5.79 Å². The van der Waals surface area contributed by atoms with Crippen molar-refractivity contribution in [3.63, 3.8) is 0 Å². The Morgan fingerprint density at radius 1 is 1.00 bits per heavy atom.